The van der Waals surface area contributed by atoms with E-state index in [9.17, 15) is 9.59 Å². The van der Waals surface area contributed by atoms with Crippen molar-refractivity contribution in [1.82, 2.24) is 5.32 Å². The Morgan fingerprint density at radius 3 is 2.00 bits per heavy atom. The van der Waals surface area contributed by atoms with Crippen LogP contribution < -0.4 is 5.32 Å². The lowest BCUT2D eigenvalue weighted by molar-refractivity contribution is -0.120. The predicted octanol–water partition coefficient (Wildman–Crippen LogP) is 3.25. The molecule has 0 aliphatic carbocycles. The second-order valence-corrected chi connectivity index (χ2v) is 17.6. The van der Waals surface area contributed by atoms with Crippen LogP contribution in [0.25, 0.3) is 0 Å². The van der Waals surface area contributed by atoms with Crippen LogP contribution in [0, 0.1) is 0 Å². The molecule has 0 radical (unpaired) electrons. The van der Waals surface area contributed by atoms with E-state index < -0.39 is 16.1 Å². The Morgan fingerprint density at radius 1 is 1.16 bits per heavy atom. The molecule has 0 rings (SSSR count). The molecule has 1 atom stereocenters. The van der Waals surface area contributed by atoms with Crippen LogP contribution in [0.2, 0.25) is 44.8 Å². The maximum absolute atomic E-state index is 12.5. The van der Waals surface area contributed by atoms with Gasteiger partial charge in [0.1, 0.15) is 5.94 Å². The van der Waals surface area contributed by atoms with Gasteiger partial charge in [-0.15, -0.1) is 0 Å². The summed E-state index contributed by atoms with van der Waals surface area (Å²) in [5.41, 5.74) is -0.228. The molecular weight excluding hydrogens is 270 g/mol. The number of carbonyl (C=O) groups is 1. The molecule has 0 aliphatic heterocycles. The van der Waals surface area contributed by atoms with Crippen molar-refractivity contribution in [3.8, 4) is 0 Å². The van der Waals surface area contributed by atoms with E-state index in [1.54, 1.807) is 0 Å². The van der Waals surface area contributed by atoms with Gasteiger partial charge in [-0.3, -0.25) is 4.79 Å². The van der Waals surface area contributed by atoms with Crippen LogP contribution in [-0.4, -0.2) is 34.5 Å². The van der Waals surface area contributed by atoms with Crippen molar-refractivity contribution < 1.29 is 9.59 Å². The third-order valence-corrected chi connectivity index (χ3v) is 7.74. The summed E-state index contributed by atoms with van der Waals surface area (Å²) >= 11 is 0. The molecule has 0 unspecified atom stereocenters. The number of carbonyl (C=O) groups excluding carboxylic acids is 2. The maximum Gasteiger partial charge on any atom is 0.224 e. The van der Waals surface area contributed by atoms with E-state index in [4.69, 9.17) is 0 Å². The minimum Gasteiger partial charge on any atom is -0.356 e. The summed E-state index contributed by atoms with van der Waals surface area (Å²) in [6, 6.07) is 0. The van der Waals surface area contributed by atoms with E-state index in [1.807, 2.05) is 0 Å². The molecule has 0 spiro atoms. The highest BCUT2D eigenvalue weighted by molar-refractivity contribution is 6.90. The van der Waals surface area contributed by atoms with Gasteiger partial charge in [-0.2, -0.15) is 0 Å². The fraction of sp³-hybridized carbons (Fsp3) is 0.786. The van der Waals surface area contributed by atoms with Crippen LogP contribution >= 0.6 is 0 Å². The van der Waals surface area contributed by atoms with Gasteiger partial charge in [0.2, 0.25) is 5.91 Å². The van der Waals surface area contributed by atoms with Crippen molar-refractivity contribution in [3.63, 3.8) is 0 Å². The van der Waals surface area contributed by atoms with E-state index in [0.717, 1.165) is 18.0 Å². The Balaban J connectivity index is 5.25. The minimum atomic E-state index is -1.80. The summed E-state index contributed by atoms with van der Waals surface area (Å²) in [5.74, 6) is 2.16. The Kier molecular flexibility index (Phi) is 6.97. The van der Waals surface area contributed by atoms with Crippen LogP contribution in [0.15, 0.2) is 5.20 Å². The van der Waals surface area contributed by atoms with Crippen molar-refractivity contribution in [3.05, 3.63) is 5.20 Å². The summed E-state index contributed by atoms with van der Waals surface area (Å²) in [5, 5.41) is 3.75. The second-order valence-electron chi connectivity index (χ2n) is 7.21. The zero-order chi connectivity index (χ0) is 15.3. The van der Waals surface area contributed by atoms with E-state index in [1.165, 1.54) is 0 Å². The highest BCUT2D eigenvalue weighted by atomic mass is 28.3. The molecule has 0 saturated carbocycles. The average molecular weight is 300 g/mol. The number of hydrogen-bond donors (Lipinski definition) is 1. The van der Waals surface area contributed by atoms with Crippen LogP contribution in [0.4, 0.5) is 0 Å². The summed E-state index contributed by atoms with van der Waals surface area (Å²) in [4.78, 5) is 23.8. The largest absolute Gasteiger partial charge is 0.356 e. The lowest BCUT2D eigenvalue weighted by atomic mass is 10.3. The van der Waals surface area contributed by atoms with Crippen molar-refractivity contribution in [2.24, 2.45) is 0 Å². The molecule has 110 valence electrons. The van der Waals surface area contributed by atoms with Gasteiger partial charge in [0.25, 0.3) is 0 Å². The Labute approximate surface area is 119 Å². The molecule has 0 bridgehead atoms. The molecule has 5 heteroatoms. The van der Waals surface area contributed by atoms with Gasteiger partial charge in [0.05, 0.1) is 21.7 Å². The lowest BCUT2D eigenvalue weighted by Gasteiger charge is -2.33. The van der Waals surface area contributed by atoms with Crippen molar-refractivity contribution in [2.45, 2.75) is 64.6 Å². The summed E-state index contributed by atoms with van der Waals surface area (Å²) in [7, 11) is -3.58. The quantitative estimate of drug-likeness (QED) is 0.445. The molecule has 0 aromatic heterocycles. The monoisotopic (exact) mass is 299 g/mol. The molecule has 0 heterocycles. The fourth-order valence-electron chi connectivity index (χ4n) is 2.09. The van der Waals surface area contributed by atoms with Crippen LogP contribution in [0.3, 0.4) is 0 Å². The molecule has 19 heavy (non-hydrogen) atoms. The number of nitrogens with one attached hydrogen (secondary N) is 1. The molecule has 0 aliphatic rings. The third kappa shape index (κ3) is 5.89. The summed E-state index contributed by atoms with van der Waals surface area (Å²) in [6.45, 7) is 15.6. The van der Waals surface area contributed by atoms with Crippen LogP contribution in [0.5, 0.6) is 0 Å². The topological polar surface area (TPSA) is 46.2 Å². The zero-order valence-corrected chi connectivity index (χ0v) is 15.5. The molecule has 0 aromatic rings. The van der Waals surface area contributed by atoms with Gasteiger partial charge in [-0.05, 0) is 6.42 Å². The van der Waals surface area contributed by atoms with Crippen molar-refractivity contribution >= 4 is 28.0 Å². The van der Waals surface area contributed by atoms with Crippen molar-refractivity contribution in [2.75, 3.05) is 6.54 Å². The first kappa shape index (κ1) is 18.4. The molecule has 3 nitrogen and oxygen atoms in total. The molecule has 0 saturated heterocycles. The summed E-state index contributed by atoms with van der Waals surface area (Å²) in [6.07, 6.45) is 2.04. The third-order valence-electron chi connectivity index (χ3n) is 3.16. The number of hydrogen-bond acceptors (Lipinski definition) is 2. The highest BCUT2D eigenvalue weighted by Crippen LogP contribution is 2.34. The average Bonchev–Trinajstić information content (AvgIpc) is 2.22. The van der Waals surface area contributed by atoms with Crippen molar-refractivity contribution in [1.29, 1.82) is 0 Å². The standard InChI is InChI=1S/C14H29NO2Si2/c1-8-9-10-15-14(17)13(19(5,6)7)12(11-16)18(2,3)4/h13H,8-10H2,1-7H3,(H,15,17)/t13-/m1/s1. The van der Waals surface area contributed by atoms with Crippen LogP contribution in [0.1, 0.15) is 19.8 Å². The first-order chi connectivity index (χ1) is 8.55. The van der Waals surface area contributed by atoms with Crippen LogP contribution in [-0.2, 0) is 9.59 Å². The Bertz CT molecular complexity index is 361. The smallest absolute Gasteiger partial charge is 0.224 e. The van der Waals surface area contributed by atoms with E-state index in [-0.39, 0.29) is 11.4 Å². The van der Waals surface area contributed by atoms with Gasteiger partial charge in [-0.1, -0.05) is 52.6 Å². The van der Waals surface area contributed by atoms with Gasteiger partial charge in [0.15, 0.2) is 0 Å². The SMILES string of the molecule is CCCCNC(=O)[C@@H](C(=C=O)[Si](C)(C)C)[Si](C)(C)C. The molecular formula is C14H29NO2Si2. The number of amides is 1. The molecule has 1 N–H and O–H groups in total. The van der Waals surface area contributed by atoms with E-state index in [2.05, 4.69) is 57.5 Å². The Hall–Kier alpha value is -0.646. The van der Waals surface area contributed by atoms with Gasteiger partial charge < -0.3 is 5.32 Å². The number of unbranched alkanes of at least 4 members (excludes halogenated alkanes) is 1. The fourth-order valence-corrected chi connectivity index (χ4v) is 7.81. The zero-order valence-electron chi connectivity index (χ0n) is 13.5. The number of rotatable bonds is 7. The maximum atomic E-state index is 12.5. The highest BCUT2D eigenvalue weighted by Gasteiger charge is 2.41. The molecule has 0 aromatic carbocycles. The summed E-state index contributed by atoms with van der Waals surface area (Å²) < 4.78 is 0. The minimum absolute atomic E-state index is 0.0355. The molecule has 1 amide bonds. The van der Waals surface area contributed by atoms with E-state index in [0.29, 0.717) is 6.54 Å². The van der Waals surface area contributed by atoms with Gasteiger partial charge >= 0.3 is 0 Å². The first-order valence-corrected chi connectivity index (χ1v) is 14.2. The normalized spacial score (nSPS) is 13.6. The van der Waals surface area contributed by atoms with E-state index >= 15 is 0 Å². The molecule has 0 fully saturated rings. The van der Waals surface area contributed by atoms with Gasteiger partial charge in [-0.25, -0.2) is 4.79 Å². The Morgan fingerprint density at radius 2 is 1.68 bits per heavy atom. The van der Waals surface area contributed by atoms with Gasteiger partial charge in [0, 0.05) is 11.7 Å². The first-order valence-electron chi connectivity index (χ1n) is 7.08. The lowest BCUT2D eigenvalue weighted by Crippen LogP contribution is -2.46. The predicted molar refractivity (Wildman–Crippen MR) is 87.6 cm³/mol. The second kappa shape index (κ2) is 7.22.